The van der Waals surface area contributed by atoms with Crippen LogP contribution in [0.1, 0.15) is 30.4 Å². The lowest BCUT2D eigenvalue weighted by Crippen LogP contribution is -2.45. The molecule has 2 atom stereocenters. The van der Waals surface area contributed by atoms with Gasteiger partial charge in [0.15, 0.2) is 0 Å². The number of nitrogens with zero attached hydrogens (tertiary/aromatic N) is 1. The van der Waals surface area contributed by atoms with Gasteiger partial charge in [-0.2, -0.15) is 0 Å². The van der Waals surface area contributed by atoms with Gasteiger partial charge in [0, 0.05) is 11.8 Å². The molecule has 1 heterocycles. The van der Waals surface area contributed by atoms with E-state index in [9.17, 15) is 9.59 Å². The molecule has 2 amide bonds. The molecule has 0 radical (unpaired) electrons. The second-order valence-corrected chi connectivity index (χ2v) is 5.82. The van der Waals surface area contributed by atoms with Gasteiger partial charge in [-0.15, -0.1) is 0 Å². The number of carbonyl (C=O) groups is 2. The van der Waals surface area contributed by atoms with E-state index in [1.807, 2.05) is 24.3 Å². The van der Waals surface area contributed by atoms with Crippen molar-refractivity contribution in [3.8, 4) is 0 Å². The Balaban J connectivity index is 1.73. The van der Waals surface area contributed by atoms with E-state index in [0.717, 1.165) is 31.2 Å². The molecule has 2 aliphatic rings. The zero-order valence-electron chi connectivity index (χ0n) is 11.5. The highest BCUT2D eigenvalue weighted by Crippen LogP contribution is 2.38. The van der Waals surface area contributed by atoms with E-state index in [2.05, 4.69) is 0 Å². The lowest BCUT2D eigenvalue weighted by molar-refractivity contribution is -0.153. The number of amides is 2. The molecule has 1 aromatic rings. The molecule has 1 saturated carbocycles. The number of rotatable bonds is 4. The maximum atomic E-state index is 12.3. The fourth-order valence-electron chi connectivity index (χ4n) is 3.30. The van der Waals surface area contributed by atoms with Crippen LogP contribution in [0.3, 0.4) is 0 Å². The van der Waals surface area contributed by atoms with E-state index >= 15 is 0 Å². The van der Waals surface area contributed by atoms with E-state index in [-0.39, 0.29) is 23.7 Å². The molecule has 2 bridgehead atoms. The predicted molar refractivity (Wildman–Crippen MR) is 75.6 cm³/mol. The Morgan fingerprint density at radius 1 is 1.00 bits per heavy atom. The predicted octanol–water partition coefficient (Wildman–Crippen LogP) is 1.47. The smallest absolute Gasteiger partial charge is 0.232 e. The van der Waals surface area contributed by atoms with E-state index in [1.54, 1.807) is 0 Å². The maximum Gasteiger partial charge on any atom is 0.232 e. The fourth-order valence-corrected chi connectivity index (χ4v) is 3.30. The van der Waals surface area contributed by atoms with Crippen molar-refractivity contribution in [2.24, 2.45) is 17.6 Å². The van der Waals surface area contributed by atoms with Crippen LogP contribution in [-0.4, -0.2) is 23.3 Å². The Morgan fingerprint density at radius 3 is 2.10 bits per heavy atom. The molecular formula is C16H20N2O2. The quantitative estimate of drug-likeness (QED) is 0.844. The number of piperidine rings is 1. The third-order valence-electron chi connectivity index (χ3n) is 4.46. The molecule has 4 nitrogen and oxygen atoms in total. The molecule has 3 rings (SSSR count). The topological polar surface area (TPSA) is 63.4 Å². The Hall–Kier alpha value is -1.68. The second-order valence-electron chi connectivity index (χ2n) is 5.82. The number of fused-ring (bicyclic) bond motifs is 2. The van der Waals surface area contributed by atoms with Crippen molar-refractivity contribution in [2.45, 2.75) is 32.2 Å². The Labute approximate surface area is 118 Å². The molecule has 2 unspecified atom stereocenters. The van der Waals surface area contributed by atoms with Gasteiger partial charge in [0.1, 0.15) is 0 Å². The Morgan fingerprint density at radius 2 is 1.55 bits per heavy atom. The summed E-state index contributed by atoms with van der Waals surface area (Å²) in [5.41, 5.74) is 7.72. The van der Waals surface area contributed by atoms with Gasteiger partial charge in [-0.3, -0.25) is 14.5 Å². The van der Waals surface area contributed by atoms with E-state index in [0.29, 0.717) is 13.1 Å². The van der Waals surface area contributed by atoms with Gasteiger partial charge in [0.25, 0.3) is 0 Å². The summed E-state index contributed by atoms with van der Waals surface area (Å²) >= 11 is 0. The standard InChI is InChI=1S/C16H20N2O2/c17-8-7-11-1-3-12(4-2-11)10-18-15(19)13-5-6-14(9-13)16(18)20/h1-4,13-14H,5-10,17H2. The van der Waals surface area contributed by atoms with E-state index < -0.39 is 0 Å². The van der Waals surface area contributed by atoms with E-state index in [1.165, 1.54) is 10.5 Å². The first kappa shape index (κ1) is 13.3. The third-order valence-corrected chi connectivity index (χ3v) is 4.46. The summed E-state index contributed by atoms with van der Waals surface area (Å²) in [6, 6.07) is 8.02. The molecule has 0 aromatic heterocycles. The summed E-state index contributed by atoms with van der Waals surface area (Å²) in [5.74, 6) is 0.202. The first-order chi connectivity index (χ1) is 9.69. The lowest BCUT2D eigenvalue weighted by Gasteiger charge is -2.29. The van der Waals surface area contributed by atoms with Crippen molar-refractivity contribution < 1.29 is 9.59 Å². The van der Waals surface area contributed by atoms with Crippen LogP contribution in [-0.2, 0) is 22.6 Å². The minimum absolute atomic E-state index is 0.0229. The molecule has 4 heteroatoms. The van der Waals surface area contributed by atoms with Gasteiger partial charge in [-0.25, -0.2) is 0 Å². The zero-order valence-corrected chi connectivity index (χ0v) is 11.5. The number of benzene rings is 1. The normalized spacial score (nSPS) is 25.4. The van der Waals surface area contributed by atoms with Crippen LogP contribution < -0.4 is 5.73 Å². The van der Waals surface area contributed by atoms with Gasteiger partial charge in [0.2, 0.25) is 11.8 Å². The molecule has 106 valence electrons. The molecule has 1 aliphatic carbocycles. The highest BCUT2D eigenvalue weighted by molar-refractivity contribution is 6.00. The van der Waals surface area contributed by atoms with Gasteiger partial charge in [-0.05, 0) is 43.4 Å². The minimum atomic E-state index is 0.0229. The van der Waals surface area contributed by atoms with Crippen molar-refractivity contribution in [3.05, 3.63) is 35.4 Å². The molecule has 2 fully saturated rings. The minimum Gasteiger partial charge on any atom is -0.330 e. The molecular weight excluding hydrogens is 252 g/mol. The SMILES string of the molecule is NCCc1ccc(CN2C(=O)C3CCC(C3)C2=O)cc1. The number of carbonyl (C=O) groups excluding carboxylic acids is 2. The molecule has 1 saturated heterocycles. The number of likely N-dealkylation sites (tertiary alicyclic amines) is 1. The summed E-state index contributed by atoms with van der Waals surface area (Å²) < 4.78 is 0. The van der Waals surface area contributed by atoms with Crippen molar-refractivity contribution in [1.29, 1.82) is 0 Å². The molecule has 1 aliphatic heterocycles. The first-order valence-corrected chi connectivity index (χ1v) is 7.32. The summed E-state index contributed by atoms with van der Waals surface area (Å²) in [4.78, 5) is 26.0. The zero-order chi connectivity index (χ0) is 14.1. The first-order valence-electron chi connectivity index (χ1n) is 7.32. The van der Waals surface area contributed by atoms with Crippen LogP contribution in [0.25, 0.3) is 0 Å². The molecule has 1 aromatic carbocycles. The number of hydrogen-bond donors (Lipinski definition) is 1. The van der Waals surface area contributed by atoms with Crippen LogP contribution >= 0.6 is 0 Å². The summed E-state index contributed by atoms with van der Waals surface area (Å²) in [5, 5.41) is 0. The van der Waals surface area contributed by atoms with Crippen LogP contribution in [0.15, 0.2) is 24.3 Å². The van der Waals surface area contributed by atoms with E-state index in [4.69, 9.17) is 5.73 Å². The van der Waals surface area contributed by atoms with Gasteiger partial charge in [-0.1, -0.05) is 24.3 Å². The van der Waals surface area contributed by atoms with Crippen LogP contribution in [0.2, 0.25) is 0 Å². The monoisotopic (exact) mass is 272 g/mol. The van der Waals surface area contributed by atoms with Crippen LogP contribution in [0.5, 0.6) is 0 Å². The molecule has 2 N–H and O–H groups in total. The number of imide groups is 1. The summed E-state index contributed by atoms with van der Waals surface area (Å²) in [7, 11) is 0. The Kier molecular flexibility index (Phi) is 3.57. The van der Waals surface area contributed by atoms with Crippen molar-refractivity contribution in [3.63, 3.8) is 0 Å². The van der Waals surface area contributed by atoms with Crippen LogP contribution in [0.4, 0.5) is 0 Å². The highest BCUT2D eigenvalue weighted by atomic mass is 16.2. The lowest BCUT2D eigenvalue weighted by atomic mass is 9.96. The van der Waals surface area contributed by atoms with Gasteiger partial charge < -0.3 is 5.73 Å². The summed E-state index contributed by atoms with van der Waals surface area (Å²) in [6.07, 6.45) is 3.37. The number of hydrogen-bond acceptors (Lipinski definition) is 3. The van der Waals surface area contributed by atoms with Crippen molar-refractivity contribution in [2.75, 3.05) is 6.54 Å². The fraction of sp³-hybridized carbons (Fsp3) is 0.500. The molecule has 0 spiro atoms. The average Bonchev–Trinajstić information content (AvgIpc) is 2.91. The number of nitrogens with two attached hydrogens (primary N) is 1. The highest BCUT2D eigenvalue weighted by Gasteiger charge is 2.44. The Bertz CT molecular complexity index is 502. The van der Waals surface area contributed by atoms with Crippen molar-refractivity contribution >= 4 is 11.8 Å². The van der Waals surface area contributed by atoms with Crippen LogP contribution in [0, 0.1) is 11.8 Å². The van der Waals surface area contributed by atoms with Crippen molar-refractivity contribution in [1.82, 2.24) is 4.90 Å². The second kappa shape index (κ2) is 5.37. The molecule has 20 heavy (non-hydrogen) atoms. The maximum absolute atomic E-state index is 12.3. The van der Waals surface area contributed by atoms with Gasteiger partial charge in [0.05, 0.1) is 6.54 Å². The largest absolute Gasteiger partial charge is 0.330 e. The average molecular weight is 272 g/mol. The third kappa shape index (κ3) is 2.36. The van der Waals surface area contributed by atoms with Gasteiger partial charge >= 0.3 is 0 Å². The summed E-state index contributed by atoms with van der Waals surface area (Å²) in [6.45, 7) is 1.04.